The van der Waals surface area contributed by atoms with Gasteiger partial charge < -0.3 is 14.8 Å². The molecular weight excluding hydrogens is 405 g/mol. The van der Waals surface area contributed by atoms with E-state index in [1.54, 1.807) is 12.1 Å². The lowest BCUT2D eigenvalue weighted by atomic mass is 10.2. The van der Waals surface area contributed by atoms with Crippen LogP contribution in [-0.2, 0) is 11.2 Å². The van der Waals surface area contributed by atoms with E-state index < -0.39 is 0 Å². The van der Waals surface area contributed by atoms with Crippen molar-refractivity contribution < 1.29 is 18.7 Å². The van der Waals surface area contributed by atoms with Gasteiger partial charge in [0.05, 0.1) is 18.7 Å². The molecule has 1 aliphatic rings. The molecule has 0 saturated carbocycles. The fourth-order valence-corrected chi connectivity index (χ4v) is 4.21. The minimum Gasteiger partial charge on any atom is -0.486 e. The Hall–Kier alpha value is -3.39. The summed E-state index contributed by atoms with van der Waals surface area (Å²) in [6.07, 6.45) is 1.87. The first-order valence-electron chi connectivity index (χ1n) is 9.52. The average molecular weight is 423 g/mol. The van der Waals surface area contributed by atoms with Gasteiger partial charge in [-0.3, -0.25) is 9.20 Å². The number of amides is 1. The highest BCUT2D eigenvalue weighted by Crippen LogP contribution is 2.30. The van der Waals surface area contributed by atoms with Crippen molar-refractivity contribution in [2.45, 2.75) is 12.5 Å². The number of hydrogen-bond donors (Lipinski definition) is 1. The Labute approximate surface area is 175 Å². The molecule has 1 aliphatic heterocycles. The summed E-state index contributed by atoms with van der Waals surface area (Å²) < 4.78 is 26.6. The molecule has 30 heavy (non-hydrogen) atoms. The van der Waals surface area contributed by atoms with Crippen LogP contribution in [0.2, 0.25) is 0 Å². The summed E-state index contributed by atoms with van der Waals surface area (Å²) in [4.78, 5) is 17.8. The van der Waals surface area contributed by atoms with E-state index in [-0.39, 0.29) is 24.2 Å². The Bertz CT molecular complexity index is 1200. The summed E-state index contributed by atoms with van der Waals surface area (Å²) in [6.45, 7) is 0.758. The summed E-state index contributed by atoms with van der Waals surface area (Å²) in [5, 5.41) is 4.84. The number of carbonyl (C=O) groups excluding carboxylic acids is 1. The topological polar surface area (TPSA) is 64.9 Å². The highest BCUT2D eigenvalue weighted by molar-refractivity contribution is 7.15. The standard InChI is InChI=1S/C22H18FN3O3S/c23-15-7-5-14(6-8-15)18-11-26-16(13-30-22(26)25-18)9-21(27)24-10-17-12-28-19-3-1-2-4-20(19)29-17/h1-8,11,13,17H,9-10,12H2,(H,24,27). The van der Waals surface area contributed by atoms with Crippen molar-refractivity contribution in [3.63, 3.8) is 0 Å². The maximum atomic E-state index is 13.1. The molecule has 1 atom stereocenters. The molecule has 6 nitrogen and oxygen atoms in total. The Balaban J connectivity index is 1.22. The molecule has 2 aromatic carbocycles. The molecule has 0 spiro atoms. The van der Waals surface area contributed by atoms with Crippen LogP contribution in [0.1, 0.15) is 5.69 Å². The Morgan fingerprint density at radius 1 is 1.20 bits per heavy atom. The molecule has 0 saturated heterocycles. The third-order valence-corrected chi connectivity index (χ3v) is 5.75. The van der Waals surface area contributed by atoms with Crippen molar-refractivity contribution >= 4 is 22.2 Å². The van der Waals surface area contributed by atoms with E-state index in [2.05, 4.69) is 10.3 Å². The molecule has 4 aromatic rings. The summed E-state index contributed by atoms with van der Waals surface area (Å²) >= 11 is 1.47. The molecule has 0 bridgehead atoms. The van der Waals surface area contributed by atoms with Crippen LogP contribution in [0.4, 0.5) is 4.39 Å². The molecule has 0 radical (unpaired) electrons. The van der Waals surface area contributed by atoms with Gasteiger partial charge in [0.25, 0.3) is 0 Å². The largest absolute Gasteiger partial charge is 0.486 e. The average Bonchev–Trinajstić information content (AvgIpc) is 3.35. The van der Waals surface area contributed by atoms with Crippen LogP contribution in [-0.4, -0.2) is 34.5 Å². The predicted molar refractivity (Wildman–Crippen MR) is 112 cm³/mol. The van der Waals surface area contributed by atoms with Crippen molar-refractivity contribution in [1.29, 1.82) is 0 Å². The zero-order valence-electron chi connectivity index (χ0n) is 15.9. The first-order chi connectivity index (χ1) is 14.7. The fourth-order valence-electron chi connectivity index (χ4n) is 3.33. The first-order valence-corrected chi connectivity index (χ1v) is 10.4. The third-order valence-electron chi connectivity index (χ3n) is 4.86. The maximum Gasteiger partial charge on any atom is 0.226 e. The lowest BCUT2D eigenvalue weighted by Crippen LogP contribution is -2.41. The van der Waals surface area contributed by atoms with Gasteiger partial charge in [-0.1, -0.05) is 12.1 Å². The van der Waals surface area contributed by atoms with Crippen molar-refractivity contribution in [3.8, 4) is 22.8 Å². The number of aromatic nitrogens is 2. The van der Waals surface area contributed by atoms with E-state index >= 15 is 0 Å². The van der Waals surface area contributed by atoms with Crippen LogP contribution in [0.5, 0.6) is 11.5 Å². The highest BCUT2D eigenvalue weighted by atomic mass is 32.1. The summed E-state index contributed by atoms with van der Waals surface area (Å²) in [7, 11) is 0. The van der Waals surface area contributed by atoms with Crippen LogP contribution in [0.15, 0.2) is 60.1 Å². The smallest absolute Gasteiger partial charge is 0.226 e. The van der Waals surface area contributed by atoms with Crippen LogP contribution in [0.25, 0.3) is 16.2 Å². The van der Waals surface area contributed by atoms with Gasteiger partial charge in [-0.15, -0.1) is 11.3 Å². The second-order valence-corrected chi connectivity index (χ2v) is 7.83. The second kappa shape index (κ2) is 7.79. The van der Waals surface area contributed by atoms with Crippen LogP contribution >= 0.6 is 11.3 Å². The summed E-state index contributed by atoms with van der Waals surface area (Å²) in [5.41, 5.74) is 2.42. The van der Waals surface area contributed by atoms with Crippen LogP contribution < -0.4 is 14.8 Å². The monoisotopic (exact) mass is 423 g/mol. The van der Waals surface area contributed by atoms with Gasteiger partial charge in [0.1, 0.15) is 18.5 Å². The molecule has 0 fully saturated rings. The van der Waals surface area contributed by atoms with Crippen LogP contribution in [0.3, 0.4) is 0 Å². The minimum atomic E-state index is -0.284. The molecule has 8 heteroatoms. The number of carbonyl (C=O) groups is 1. The van der Waals surface area contributed by atoms with Crippen molar-refractivity contribution in [1.82, 2.24) is 14.7 Å². The summed E-state index contributed by atoms with van der Waals surface area (Å²) in [5.74, 6) is 1.02. The Morgan fingerprint density at radius 3 is 2.83 bits per heavy atom. The first kappa shape index (κ1) is 18.6. The molecule has 152 valence electrons. The van der Waals surface area contributed by atoms with Gasteiger partial charge in [0.15, 0.2) is 16.5 Å². The number of fused-ring (bicyclic) bond motifs is 2. The number of nitrogens with one attached hydrogen (secondary N) is 1. The molecule has 3 heterocycles. The van der Waals surface area contributed by atoms with E-state index in [1.165, 1.54) is 23.5 Å². The van der Waals surface area contributed by atoms with Crippen molar-refractivity contribution in [2.75, 3.05) is 13.2 Å². The number of halogens is 1. The quantitative estimate of drug-likeness (QED) is 0.532. The zero-order chi connectivity index (χ0) is 20.5. The summed E-state index contributed by atoms with van der Waals surface area (Å²) in [6, 6.07) is 13.7. The van der Waals surface area contributed by atoms with E-state index in [4.69, 9.17) is 9.47 Å². The molecule has 1 unspecified atom stereocenters. The van der Waals surface area contributed by atoms with Gasteiger partial charge in [-0.05, 0) is 36.4 Å². The van der Waals surface area contributed by atoms with Gasteiger partial charge in [0, 0.05) is 22.8 Å². The van der Waals surface area contributed by atoms with Crippen molar-refractivity contribution in [3.05, 3.63) is 71.6 Å². The molecule has 0 aliphatic carbocycles. The van der Waals surface area contributed by atoms with Crippen molar-refractivity contribution in [2.24, 2.45) is 0 Å². The number of para-hydroxylation sites is 2. The second-order valence-electron chi connectivity index (χ2n) is 6.99. The SMILES string of the molecule is O=C(Cc1csc2nc(-c3ccc(F)cc3)cn12)NCC1COc2ccccc2O1. The Morgan fingerprint density at radius 2 is 2.00 bits per heavy atom. The number of imidazole rings is 1. The molecule has 1 N–H and O–H groups in total. The third kappa shape index (κ3) is 3.73. The lowest BCUT2D eigenvalue weighted by molar-refractivity contribution is -0.121. The van der Waals surface area contributed by atoms with E-state index in [9.17, 15) is 9.18 Å². The molecule has 2 aromatic heterocycles. The number of thiazole rings is 1. The van der Waals surface area contributed by atoms with Gasteiger partial charge in [-0.25, -0.2) is 9.37 Å². The minimum absolute atomic E-state index is 0.103. The molecule has 5 rings (SSSR count). The van der Waals surface area contributed by atoms with Gasteiger partial charge in [-0.2, -0.15) is 0 Å². The normalized spacial score (nSPS) is 15.3. The molecular formula is C22H18FN3O3S. The molecule has 1 amide bonds. The maximum absolute atomic E-state index is 13.1. The highest BCUT2D eigenvalue weighted by Gasteiger charge is 2.21. The number of benzene rings is 2. The van der Waals surface area contributed by atoms with E-state index in [0.29, 0.717) is 18.9 Å². The number of hydrogen-bond acceptors (Lipinski definition) is 5. The Kier molecular flexibility index (Phi) is 4.84. The zero-order valence-corrected chi connectivity index (χ0v) is 16.7. The number of nitrogens with zero attached hydrogens (tertiary/aromatic N) is 2. The van der Waals surface area contributed by atoms with Crippen LogP contribution in [0, 0.1) is 5.82 Å². The predicted octanol–water partition coefficient (Wildman–Crippen LogP) is 3.70. The number of rotatable bonds is 5. The van der Waals surface area contributed by atoms with E-state index in [0.717, 1.165) is 27.7 Å². The number of ether oxygens (including phenoxy) is 2. The van der Waals surface area contributed by atoms with Gasteiger partial charge in [0.2, 0.25) is 5.91 Å². The fraction of sp³-hybridized carbons (Fsp3) is 0.182. The lowest BCUT2D eigenvalue weighted by Gasteiger charge is -2.26. The van der Waals surface area contributed by atoms with E-state index in [1.807, 2.05) is 40.2 Å². The van der Waals surface area contributed by atoms with Gasteiger partial charge >= 0.3 is 0 Å².